The highest BCUT2D eigenvalue weighted by Gasteiger charge is 2.45. The summed E-state index contributed by atoms with van der Waals surface area (Å²) in [6, 6.07) is 62.3. The van der Waals surface area contributed by atoms with Gasteiger partial charge in [-0.15, -0.1) is 0 Å². The fraction of sp³-hybridized carbons (Fsp3) is 0.100. The zero-order valence-electron chi connectivity index (χ0n) is 35.9. The fourth-order valence-corrected chi connectivity index (χ4v) is 12.3. The Hall–Kier alpha value is -7.82. The van der Waals surface area contributed by atoms with Gasteiger partial charge in [-0.2, -0.15) is 0 Å². The van der Waals surface area contributed by atoms with Crippen LogP contribution in [0, 0.1) is 0 Å². The topological polar surface area (TPSA) is 36.1 Å². The molecule has 0 fully saturated rings. The van der Waals surface area contributed by atoms with Crippen LogP contribution in [0.3, 0.4) is 0 Å². The molecule has 0 N–H and O–H groups in total. The number of rotatable bonds is 2. The molecule has 4 heteroatoms. The van der Waals surface area contributed by atoms with Gasteiger partial charge >= 0.3 is 0 Å². The molecule has 0 unspecified atom stereocenters. The number of benzene rings is 9. The number of nitrogens with zero attached hydrogens (tertiary/aromatic N) is 2. The van der Waals surface area contributed by atoms with Crippen molar-refractivity contribution in [2.24, 2.45) is 0 Å². The van der Waals surface area contributed by atoms with Crippen molar-refractivity contribution in [3.8, 4) is 33.6 Å². The van der Waals surface area contributed by atoms with Gasteiger partial charge in [-0.05, 0) is 94.0 Å². The normalized spacial score (nSPS) is 14.8. The van der Waals surface area contributed by atoms with Crippen LogP contribution < -0.4 is 0 Å². The monoisotopic (exact) mass is 820 g/mol. The fourth-order valence-electron chi connectivity index (χ4n) is 12.3. The Balaban J connectivity index is 1.04. The summed E-state index contributed by atoms with van der Waals surface area (Å²) in [5.41, 5.74) is 20.1. The Bertz CT molecular complexity index is 3870. The van der Waals surface area contributed by atoms with Crippen molar-refractivity contribution in [1.82, 2.24) is 9.13 Å². The van der Waals surface area contributed by atoms with E-state index >= 15 is 0 Å². The predicted molar refractivity (Wildman–Crippen MR) is 265 cm³/mol. The van der Waals surface area contributed by atoms with E-state index in [1.54, 1.807) is 0 Å². The second-order valence-corrected chi connectivity index (χ2v) is 19.2. The summed E-state index contributed by atoms with van der Waals surface area (Å²) >= 11 is 0. The van der Waals surface area contributed by atoms with Crippen molar-refractivity contribution in [2.45, 2.75) is 38.5 Å². The third kappa shape index (κ3) is 4.06. The molecule has 0 saturated heterocycles. The number of furan rings is 2. The van der Waals surface area contributed by atoms with E-state index in [9.17, 15) is 0 Å². The standard InChI is InChI=1S/C60H40N2O2/c1-59(2)41-29-40-42(30-39(41)53-43(59)31-49(55-37-21-9-15-27-51(37)63-57(53)55)61-45-23-11-5-17-33(45)34-18-6-12-24-46(34)61)60(3,4)44-32-50(56-38-22-10-16-28-52(38)64-58(56)54(40)44)62-47-25-13-7-19-35(47)36-20-8-14-26-48(36)62/h5-32H,1-4H3. The largest absolute Gasteiger partial charge is 0.455 e. The molecule has 2 aliphatic carbocycles. The van der Waals surface area contributed by atoms with Gasteiger partial charge in [-0.1, -0.05) is 137 Å². The first-order chi connectivity index (χ1) is 31.3. The quantitative estimate of drug-likeness (QED) is 0.174. The lowest BCUT2D eigenvalue weighted by atomic mass is 9.79. The number of hydrogen-bond donors (Lipinski definition) is 0. The molecule has 0 amide bonds. The van der Waals surface area contributed by atoms with Gasteiger partial charge in [0, 0.05) is 54.3 Å². The van der Waals surface area contributed by atoms with Crippen LogP contribution in [0.5, 0.6) is 0 Å². The Morgan fingerprint density at radius 3 is 1.02 bits per heavy atom. The summed E-state index contributed by atoms with van der Waals surface area (Å²) in [7, 11) is 0. The van der Waals surface area contributed by atoms with Crippen LogP contribution in [0.1, 0.15) is 49.9 Å². The summed E-state index contributed by atoms with van der Waals surface area (Å²) in [5.74, 6) is 0. The van der Waals surface area contributed by atoms with Gasteiger partial charge in [0.15, 0.2) is 0 Å². The smallest absolute Gasteiger partial charge is 0.145 e. The molecule has 4 aromatic heterocycles. The first-order valence-corrected chi connectivity index (χ1v) is 22.4. The van der Waals surface area contributed by atoms with Gasteiger partial charge < -0.3 is 18.0 Å². The van der Waals surface area contributed by atoms with Crippen LogP contribution in [0.4, 0.5) is 0 Å². The van der Waals surface area contributed by atoms with E-state index in [1.165, 1.54) is 88.1 Å². The van der Waals surface area contributed by atoms with Crippen LogP contribution in [0.15, 0.2) is 179 Å². The summed E-state index contributed by atoms with van der Waals surface area (Å²) in [6.07, 6.45) is 0. The molecule has 0 spiro atoms. The van der Waals surface area contributed by atoms with Crippen LogP contribution >= 0.6 is 0 Å². The second-order valence-electron chi connectivity index (χ2n) is 19.2. The highest BCUT2D eigenvalue weighted by molar-refractivity contribution is 6.21. The van der Waals surface area contributed by atoms with Gasteiger partial charge in [-0.25, -0.2) is 0 Å². The van der Waals surface area contributed by atoms with Gasteiger partial charge in [0.2, 0.25) is 0 Å². The average molecular weight is 821 g/mol. The minimum absolute atomic E-state index is 0.344. The minimum atomic E-state index is -0.344. The Kier molecular flexibility index (Phi) is 6.29. The van der Waals surface area contributed by atoms with Crippen molar-refractivity contribution in [3.05, 3.63) is 192 Å². The SMILES string of the molecule is CC1(C)c2cc3c(cc2-c2c1cc(-n1c4ccccc4c4ccccc41)c1c2oc2ccccc21)C(C)(C)c1cc(-n2c4ccccc4c4ccccc42)c2c(oc4ccccc42)c1-3. The lowest BCUT2D eigenvalue weighted by Crippen LogP contribution is -2.17. The number of aromatic nitrogens is 2. The van der Waals surface area contributed by atoms with E-state index in [2.05, 4.69) is 207 Å². The van der Waals surface area contributed by atoms with Gasteiger partial charge in [0.1, 0.15) is 22.3 Å². The third-order valence-electron chi connectivity index (χ3n) is 15.3. The molecule has 4 heterocycles. The molecule has 0 saturated carbocycles. The second kappa shape index (κ2) is 11.6. The summed E-state index contributed by atoms with van der Waals surface area (Å²) < 4.78 is 19.2. The van der Waals surface area contributed by atoms with Gasteiger partial charge in [0.25, 0.3) is 0 Å². The molecule has 9 aromatic carbocycles. The van der Waals surface area contributed by atoms with E-state index in [0.717, 1.165) is 55.3 Å². The summed E-state index contributed by atoms with van der Waals surface area (Å²) in [5, 5.41) is 9.54. The molecule has 13 aromatic rings. The lowest BCUT2D eigenvalue weighted by molar-refractivity contribution is 0.648. The first-order valence-electron chi connectivity index (χ1n) is 22.4. The molecule has 0 bridgehead atoms. The van der Waals surface area contributed by atoms with E-state index in [-0.39, 0.29) is 10.8 Å². The Morgan fingerprint density at radius 2 is 0.656 bits per heavy atom. The molecular weight excluding hydrogens is 781 g/mol. The van der Waals surface area contributed by atoms with Crippen LogP contribution in [-0.2, 0) is 10.8 Å². The molecule has 64 heavy (non-hydrogen) atoms. The third-order valence-corrected chi connectivity index (χ3v) is 15.3. The first kappa shape index (κ1) is 34.7. The van der Waals surface area contributed by atoms with Crippen molar-refractivity contribution in [1.29, 1.82) is 0 Å². The lowest BCUT2D eigenvalue weighted by Gasteiger charge is -2.24. The number of hydrogen-bond acceptors (Lipinski definition) is 2. The van der Waals surface area contributed by atoms with E-state index in [0.29, 0.717) is 0 Å². The average Bonchev–Trinajstić information content (AvgIpc) is 4.14. The highest BCUT2D eigenvalue weighted by Crippen LogP contribution is 2.61. The molecular formula is C60H40N2O2. The highest BCUT2D eigenvalue weighted by atomic mass is 16.3. The van der Waals surface area contributed by atoms with Crippen LogP contribution in [0.2, 0.25) is 0 Å². The summed E-state index contributed by atoms with van der Waals surface area (Å²) in [6.45, 7) is 9.60. The number of fused-ring (bicyclic) bond motifs is 20. The van der Waals surface area contributed by atoms with E-state index in [1.807, 2.05) is 0 Å². The maximum Gasteiger partial charge on any atom is 0.145 e. The molecule has 0 radical (unpaired) electrons. The molecule has 302 valence electrons. The molecule has 15 rings (SSSR count). The Labute approximate surface area is 368 Å². The molecule has 4 nitrogen and oxygen atoms in total. The van der Waals surface area contributed by atoms with Crippen LogP contribution in [-0.4, -0.2) is 9.13 Å². The number of para-hydroxylation sites is 6. The van der Waals surface area contributed by atoms with E-state index < -0.39 is 0 Å². The minimum Gasteiger partial charge on any atom is -0.455 e. The maximum absolute atomic E-state index is 7.13. The Morgan fingerprint density at radius 1 is 0.344 bits per heavy atom. The van der Waals surface area contributed by atoms with Crippen LogP contribution in [0.25, 0.3) is 121 Å². The van der Waals surface area contributed by atoms with Crippen molar-refractivity contribution >= 4 is 87.5 Å². The van der Waals surface area contributed by atoms with Gasteiger partial charge in [-0.3, -0.25) is 0 Å². The molecule has 0 atom stereocenters. The van der Waals surface area contributed by atoms with Crippen molar-refractivity contribution in [2.75, 3.05) is 0 Å². The van der Waals surface area contributed by atoms with E-state index in [4.69, 9.17) is 8.83 Å². The summed E-state index contributed by atoms with van der Waals surface area (Å²) in [4.78, 5) is 0. The maximum atomic E-state index is 7.13. The van der Waals surface area contributed by atoms with Crippen molar-refractivity contribution < 1.29 is 8.83 Å². The molecule has 2 aliphatic rings. The van der Waals surface area contributed by atoms with Crippen molar-refractivity contribution in [3.63, 3.8) is 0 Å². The molecule has 0 aliphatic heterocycles. The van der Waals surface area contributed by atoms with Gasteiger partial charge in [0.05, 0.1) is 44.2 Å². The predicted octanol–water partition coefficient (Wildman–Crippen LogP) is 16.3. The zero-order valence-corrected chi connectivity index (χ0v) is 35.9. The zero-order chi connectivity index (χ0) is 42.4.